The highest BCUT2D eigenvalue weighted by Gasteiger charge is 2.56. The summed E-state index contributed by atoms with van der Waals surface area (Å²) in [6, 6.07) is 19.7. The molecule has 2 N–H and O–H groups in total. The van der Waals surface area contributed by atoms with E-state index < -0.39 is 11.5 Å². The van der Waals surface area contributed by atoms with Crippen molar-refractivity contribution in [1.29, 1.82) is 0 Å². The molecule has 6 nitrogen and oxygen atoms in total. The van der Waals surface area contributed by atoms with Gasteiger partial charge in [0, 0.05) is 45.1 Å². The second kappa shape index (κ2) is 9.97. The number of hydrogen-bond acceptors (Lipinski definition) is 3. The van der Waals surface area contributed by atoms with Crippen LogP contribution in [0.15, 0.2) is 85.5 Å². The van der Waals surface area contributed by atoms with Gasteiger partial charge in [0.1, 0.15) is 5.41 Å². The van der Waals surface area contributed by atoms with Crippen LogP contribution in [0.3, 0.4) is 0 Å². The molecule has 1 saturated heterocycles. The van der Waals surface area contributed by atoms with Gasteiger partial charge in [-0.1, -0.05) is 59.1 Å². The van der Waals surface area contributed by atoms with Crippen LogP contribution in [0.25, 0.3) is 5.69 Å². The summed E-state index contributed by atoms with van der Waals surface area (Å²) in [6.45, 7) is 0. The summed E-state index contributed by atoms with van der Waals surface area (Å²) in [6.07, 6.45) is 5.80. The van der Waals surface area contributed by atoms with Gasteiger partial charge in [-0.15, -0.1) is 0 Å². The number of amides is 2. The maximum absolute atomic E-state index is 13.3. The van der Waals surface area contributed by atoms with Crippen molar-refractivity contribution < 1.29 is 9.59 Å². The number of aromatic nitrogens is 2. The zero-order valence-corrected chi connectivity index (χ0v) is 21.2. The van der Waals surface area contributed by atoms with E-state index in [0.717, 1.165) is 21.8 Å². The number of hydrogen-bond donors (Lipinski definition) is 2. The number of carbonyl (C=O) groups is 2. The Hall–Kier alpha value is -3.32. The Morgan fingerprint density at radius 1 is 0.917 bits per heavy atom. The van der Waals surface area contributed by atoms with E-state index in [1.807, 2.05) is 53.2 Å². The lowest BCUT2D eigenvalue weighted by atomic mass is 9.67. The summed E-state index contributed by atoms with van der Waals surface area (Å²) in [5.41, 5.74) is 2.10. The first-order chi connectivity index (χ1) is 17.4. The van der Waals surface area contributed by atoms with E-state index in [4.69, 9.17) is 34.8 Å². The number of nitrogens with one attached hydrogen (secondary N) is 2. The number of imidazole rings is 1. The summed E-state index contributed by atoms with van der Waals surface area (Å²) in [7, 11) is 0. The zero-order valence-electron chi connectivity index (χ0n) is 18.9. The van der Waals surface area contributed by atoms with Crippen molar-refractivity contribution in [3.05, 3.63) is 112 Å². The monoisotopic (exact) mass is 538 g/mol. The van der Waals surface area contributed by atoms with Crippen LogP contribution in [0.5, 0.6) is 0 Å². The van der Waals surface area contributed by atoms with Crippen LogP contribution in [0.2, 0.25) is 15.1 Å². The smallest absolute Gasteiger partial charge is 0.237 e. The maximum atomic E-state index is 13.3. The molecule has 0 saturated carbocycles. The van der Waals surface area contributed by atoms with E-state index in [-0.39, 0.29) is 18.2 Å². The van der Waals surface area contributed by atoms with E-state index in [9.17, 15) is 9.59 Å². The van der Waals surface area contributed by atoms with Crippen molar-refractivity contribution in [2.24, 2.45) is 0 Å². The predicted molar refractivity (Wildman–Crippen MR) is 142 cm³/mol. The van der Waals surface area contributed by atoms with Gasteiger partial charge >= 0.3 is 0 Å². The Morgan fingerprint density at radius 3 is 2.36 bits per heavy atom. The molecule has 1 aromatic heterocycles. The molecule has 2 aliphatic heterocycles. The molecule has 0 radical (unpaired) electrons. The van der Waals surface area contributed by atoms with Gasteiger partial charge in [0.2, 0.25) is 11.8 Å². The first-order valence-electron chi connectivity index (χ1n) is 11.3. The Balaban J connectivity index is 0.000000330. The van der Waals surface area contributed by atoms with Gasteiger partial charge in [0.25, 0.3) is 0 Å². The number of halogens is 3. The van der Waals surface area contributed by atoms with Gasteiger partial charge in [-0.3, -0.25) is 9.59 Å². The van der Waals surface area contributed by atoms with Crippen molar-refractivity contribution in [3.63, 3.8) is 0 Å². The van der Waals surface area contributed by atoms with E-state index in [1.54, 1.807) is 36.8 Å². The number of nitrogens with zero attached hydrogens (tertiary/aromatic N) is 2. The Labute approximate surface area is 223 Å². The number of anilines is 1. The summed E-state index contributed by atoms with van der Waals surface area (Å²) in [4.78, 5) is 29.9. The van der Waals surface area contributed by atoms with Gasteiger partial charge in [-0.25, -0.2) is 4.98 Å². The summed E-state index contributed by atoms with van der Waals surface area (Å²) < 4.78 is 1.84. The van der Waals surface area contributed by atoms with Crippen LogP contribution < -0.4 is 10.6 Å². The first kappa shape index (κ1) is 24.4. The first-order valence-corrected chi connectivity index (χ1v) is 12.4. The molecular weight excluding hydrogens is 519 g/mol. The normalized spacial score (nSPS) is 20.2. The number of rotatable bonds is 2. The minimum absolute atomic E-state index is 0.104. The molecule has 2 atom stereocenters. The Bertz CT molecular complexity index is 1430. The van der Waals surface area contributed by atoms with Crippen LogP contribution in [-0.2, 0) is 15.0 Å². The van der Waals surface area contributed by atoms with Crippen molar-refractivity contribution in [2.75, 3.05) is 5.32 Å². The fourth-order valence-electron chi connectivity index (χ4n) is 4.86. The molecule has 36 heavy (non-hydrogen) atoms. The summed E-state index contributed by atoms with van der Waals surface area (Å²) in [5, 5.41) is 7.87. The lowest BCUT2D eigenvalue weighted by molar-refractivity contribution is -0.130. The third-order valence-electron chi connectivity index (χ3n) is 6.48. The SMILES string of the molecule is Clc1ccccc1.O=C1CC[C@]2(C(=O)Nc3cc(Cl)ccc32)[C@@H](c2cc(Cl)ccc2-n2ccnc2)N1. The lowest BCUT2D eigenvalue weighted by Crippen LogP contribution is -2.52. The van der Waals surface area contributed by atoms with Crippen LogP contribution in [0.4, 0.5) is 5.69 Å². The van der Waals surface area contributed by atoms with Gasteiger partial charge in [-0.2, -0.15) is 0 Å². The quantitative estimate of drug-likeness (QED) is 0.311. The molecule has 3 heterocycles. The van der Waals surface area contributed by atoms with Crippen LogP contribution in [-0.4, -0.2) is 21.4 Å². The topological polar surface area (TPSA) is 76.0 Å². The van der Waals surface area contributed by atoms with Gasteiger partial charge in [0.05, 0.1) is 18.1 Å². The minimum atomic E-state index is -0.951. The van der Waals surface area contributed by atoms with Gasteiger partial charge in [-0.05, 0) is 54.4 Å². The van der Waals surface area contributed by atoms with Crippen LogP contribution >= 0.6 is 34.8 Å². The molecule has 0 bridgehead atoms. The van der Waals surface area contributed by atoms with Crippen molar-refractivity contribution in [2.45, 2.75) is 24.3 Å². The highest BCUT2D eigenvalue weighted by atomic mass is 35.5. The van der Waals surface area contributed by atoms with Crippen LogP contribution in [0.1, 0.15) is 30.0 Å². The van der Waals surface area contributed by atoms with E-state index in [0.29, 0.717) is 22.2 Å². The number of fused-ring (bicyclic) bond motifs is 2. The molecule has 1 fully saturated rings. The van der Waals surface area contributed by atoms with Crippen molar-refractivity contribution in [3.8, 4) is 5.69 Å². The second-order valence-electron chi connectivity index (χ2n) is 8.58. The molecular formula is C27H21Cl3N4O2. The fraction of sp³-hybridized carbons (Fsp3) is 0.148. The highest BCUT2D eigenvalue weighted by molar-refractivity contribution is 6.31. The molecule has 2 amide bonds. The third kappa shape index (κ3) is 4.48. The average molecular weight is 540 g/mol. The number of carbonyl (C=O) groups excluding carboxylic acids is 2. The molecule has 6 rings (SSSR count). The van der Waals surface area contributed by atoms with Gasteiger partial charge < -0.3 is 15.2 Å². The number of piperidine rings is 1. The van der Waals surface area contributed by atoms with Gasteiger partial charge in [0.15, 0.2) is 0 Å². The minimum Gasteiger partial charge on any atom is -0.348 e. The number of benzene rings is 3. The molecule has 182 valence electrons. The highest BCUT2D eigenvalue weighted by Crippen LogP contribution is 2.52. The van der Waals surface area contributed by atoms with Crippen molar-refractivity contribution >= 4 is 52.3 Å². The van der Waals surface area contributed by atoms with E-state index >= 15 is 0 Å². The zero-order chi connectivity index (χ0) is 25.3. The molecule has 0 aliphatic carbocycles. The Morgan fingerprint density at radius 2 is 1.67 bits per heavy atom. The fourth-order valence-corrected chi connectivity index (χ4v) is 5.36. The van der Waals surface area contributed by atoms with Crippen LogP contribution in [0, 0.1) is 0 Å². The summed E-state index contributed by atoms with van der Waals surface area (Å²) in [5.74, 6) is -0.260. The molecule has 9 heteroatoms. The van der Waals surface area contributed by atoms with E-state index in [2.05, 4.69) is 15.6 Å². The largest absolute Gasteiger partial charge is 0.348 e. The Kier molecular flexibility index (Phi) is 6.75. The molecule has 2 aliphatic rings. The lowest BCUT2D eigenvalue weighted by Gasteiger charge is -2.41. The second-order valence-corrected chi connectivity index (χ2v) is 9.89. The molecule has 4 aromatic rings. The molecule has 3 aromatic carbocycles. The summed E-state index contributed by atoms with van der Waals surface area (Å²) >= 11 is 18.0. The van der Waals surface area contributed by atoms with Crippen molar-refractivity contribution in [1.82, 2.24) is 14.9 Å². The van der Waals surface area contributed by atoms with E-state index in [1.165, 1.54) is 0 Å². The maximum Gasteiger partial charge on any atom is 0.237 e. The molecule has 0 unspecified atom stereocenters. The standard InChI is InChI=1S/C21H16Cl2N4O2.C6H5Cl/c22-12-2-4-17(27-8-7-24-11-27)14(9-12)19-21(6-5-18(28)26-19)15-3-1-13(23)10-16(15)25-20(21)29;7-6-4-2-1-3-5-6/h1-4,7-11,19H,5-6H2,(H,25,29)(H,26,28);1-5H/t19-,21-;/m1./s1. The molecule has 1 spiro atoms. The average Bonchev–Trinajstić information content (AvgIpc) is 3.48. The third-order valence-corrected chi connectivity index (χ3v) is 7.20. The predicted octanol–water partition coefficient (Wildman–Crippen LogP) is 6.36.